The second-order valence-electron chi connectivity index (χ2n) is 8.77. The zero-order valence-corrected chi connectivity index (χ0v) is 18.3. The fourth-order valence-corrected chi connectivity index (χ4v) is 3.73. The Morgan fingerprint density at radius 3 is 2.77 bits per heavy atom. The van der Waals surface area contributed by atoms with Gasteiger partial charge in [-0.25, -0.2) is 4.39 Å². The molecule has 31 heavy (non-hydrogen) atoms. The number of rotatable bonds is 7. The summed E-state index contributed by atoms with van der Waals surface area (Å²) in [5.41, 5.74) is 2.43. The minimum atomic E-state index is -0.945. The van der Waals surface area contributed by atoms with Crippen LogP contribution in [0.1, 0.15) is 50.3 Å². The molecule has 1 aliphatic rings. The Labute approximate surface area is 182 Å². The van der Waals surface area contributed by atoms with Gasteiger partial charge in [-0.1, -0.05) is 31.2 Å². The average molecular weight is 425 g/mol. The summed E-state index contributed by atoms with van der Waals surface area (Å²) < 4.78 is 13.7. The van der Waals surface area contributed by atoms with Crippen molar-refractivity contribution < 1.29 is 14.3 Å². The number of aliphatic carboxylic acids is 1. The summed E-state index contributed by atoms with van der Waals surface area (Å²) in [4.78, 5) is 11.6. The SMILES string of the molecule is C[C@H](CN[C@H](C)[C@H]1CNc2cc(F)cc(C#N)c2N1)c1cccc(C(C)(C)C(=O)O)c1. The van der Waals surface area contributed by atoms with E-state index in [-0.39, 0.29) is 23.6 Å². The van der Waals surface area contributed by atoms with E-state index in [0.29, 0.717) is 24.5 Å². The Balaban J connectivity index is 1.65. The predicted octanol–water partition coefficient (Wildman–Crippen LogP) is 4.05. The van der Waals surface area contributed by atoms with Crippen molar-refractivity contribution in [1.82, 2.24) is 5.32 Å². The van der Waals surface area contributed by atoms with Crippen molar-refractivity contribution >= 4 is 17.3 Å². The van der Waals surface area contributed by atoms with Gasteiger partial charge in [-0.15, -0.1) is 0 Å². The third-order valence-corrected chi connectivity index (χ3v) is 6.13. The molecule has 0 spiro atoms. The molecule has 6 nitrogen and oxygen atoms in total. The first kappa shape index (κ1) is 22.6. The van der Waals surface area contributed by atoms with E-state index in [1.165, 1.54) is 12.1 Å². The molecule has 0 fully saturated rings. The normalized spacial score (nSPS) is 17.5. The lowest BCUT2D eigenvalue weighted by atomic mass is 9.83. The molecule has 0 saturated carbocycles. The Morgan fingerprint density at radius 1 is 1.35 bits per heavy atom. The second kappa shape index (κ2) is 8.94. The van der Waals surface area contributed by atoms with Gasteiger partial charge in [-0.3, -0.25) is 4.79 Å². The molecule has 164 valence electrons. The number of nitriles is 1. The predicted molar refractivity (Wildman–Crippen MR) is 120 cm³/mol. The third kappa shape index (κ3) is 4.80. The largest absolute Gasteiger partial charge is 0.481 e. The van der Waals surface area contributed by atoms with Gasteiger partial charge < -0.3 is 21.1 Å². The number of hydrogen-bond acceptors (Lipinski definition) is 5. The first-order chi connectivity index (χ1) is 14.6. The lowest BCUT2D eigenvalue weighted by molar-refractivity contribution is -0.142. The monoisotopic (exact) mass is 424 g/mol. The fourth-order valence-electron chi connectivity index (χ4n) is 3.73. The molecule has 1 aliphatic heterocycles. The van der Waals surface area contributed by atoms with Gasteiger partial charge in [0.05, 0.1) is 28.4 Å². The molecular formula is C24H29FN4O2. The number of carboxylic acid groups (broad SMARTS) is 1. The lowest BCUT2D eigenvalue weighted by Crippen LogP contribution is -2.49. The molecule has 2 aromatic rings. The van der Waals surface area contributed by atoms with E-state index in [9.17, 15) is 19.6 Å². The quantitative estimate of drug-likeness (QED) is 0.536. The highest BCUT2D eigenvalue weighted by atomic mass is 19.1. The number of nitrogens with zero attached hydrogens (tertiary/aromatic N) is 1. The molecule has 0 amide bonds. The number of nitrogens with one attached hydrogen (secondary N) is 3. The van der Waals surface area contributed by atoms with Gasteiger partial charge in [-0.05, 0) is 49.9 Å². The van der Waals surface area contributed by atoms with Crippen LogP contribution in [0.15, 0.2) is 36.4 Å². The van der Waals surface area contributed by atoms with Crippen molar-refractivity contribution in [3.8, 4) is 6.07 Å². The van der Waals surface area contributed by atoms with Crippen LogP contribution in [0, 0.1) is 17.1 Å². The topological polar surface area (TPSA) is 97.2 Å². The Morgan fingerprint density at radius 2 is 2.10 bits per heavy atom. The number of hydrogen-bond donors (Lipinski definition) is 4. The van der Waals surface area contributed by atoms with Gasteiger partial charge >= 0.3 is 5.97 Å². The van der Waals surface area contributed by atoms with Crippen molar-refractivity contribution in [1.29, 1.82) is 5.26 Å². The molecule has 0 aromatic heterocycles. The van der Waals surface area contributed by atoms with Crippen LogP contribution in [-0.2, 0) is 10.2 Å². The van der Waals surface area contributed by atoms with E-state index < -0.39 is 17.2 Å². The van der Waals surface area contributed by atoms with Crippen LogP contribution in [-0.4, -0.2) is 36.2 Å². The third-order valence-electron chi connectivity index (χ3n) is 6.13. The molecule has 3 atom stereocenters. The van der Waals surface area contributed by atoms with E-state index in [4.69, 9.17) is 0 Å². The molecule has 0 aliphatic carbocycles. The lowest BCUT2D eigenvalue weighted by Gasteiger charge is -2.34. The highest BCUT2D eigenvalue weighted by molar-refractivity contribution is 5.80. The van der Waals surface area contributed by atoms with Gasteiger partial charge in [0.1, 0.15) is 11.9 Å². The minimum Gasteiger partial charge on any atom is -0.481 e. The molecular weight excluding hydrogens is 395 g/mol. The summed E-state index contributed by atoms with van der Waals surface area (Å²) in [6.45, 7) is 8.90. The maximum Gasteiger partial charge on any atom is 0.313 e. The van der Waals surface area contributed by atoms with Crippen molar-refractivity contribution in [2.45, 2.75) is 51.1 Å². The van der Waals surface area contributed by atoms with E-state index >= 15 is 0 Å². The molecule has 0 saturated heterocycles. The molecule has 4 N–H and O–H groups in total. The van der Waals surface area contributed by atoms with Gasteiger partial charge in [0.15, 0.2) is 0 Å². The molecule has 2 aromatic carbocycles. The standard InChI is InChI=1S/C24H29FN4O2/c1-14(16-6-5-7-18(8-16)24(3,4)23(30)31)12-27-15(2)21-13-28-20-10-19(25)9-17(11-26)22(20)29-21/h5-10,14-15,21,27-29H,12-13H2,1-4H3,(H,30,31)/t14-,15-,21-/m1/s1. The van der Waals surface area contributed by atoms with Crippen molar-refractivity contribution in [2.75, 3.05) is 23.7 Å². The van der Waals surface area contributed by atoms with Crippen LogP contribution in [0.2, 0.25) is 0 Å². The van der Waals surface area contributed by atoms with Crippen LogP contribution in [0.25, 0.3) is 0 Å². The van der Waals surface area contributed by atoms with Crippen LogP contribution in [0.3, 0.4) is 0 Å². The number of benzene rings is 2. The molecule has 0 bridgehead atoms. The van der Waals surface area contributed by atoms with Gasteiger partial charge in [0.2, 0.25) is 0 Å². The van der Waals surface area contributed by atoms with Crippen LogP contribution in [0.4, 0.5) is 15.8 Å². The van der Waals surface area contributed by atoms with Crippen LogP contribution in [0.5, 0.6) is 0 Å². The smallest absolute Gasteiger partial charge is 0.313 e. The van der Waals surface area contributed by atoms with E-state index in [0.717, 1.165) is 11.1 Å². The minimum absolute atomic E-state index is 0.0227. The molecule has 7 heteroatoms. The zero-order chi connectivity index (χ0) is 22.8. The zero-order valence-electron chi connectivity index (χ0n) is 18.3. The fraction of sp³-hybridized carbons (Fsp3) is 0.417. The average Bonchev–Trinajstić information content (AvgIpc) is 2.76. The van der Waals surface area contributed by atoms with Crippen LogP contribution < -0.4 is 16.0 Å². The highest BCUT2D eigenvalue weighted by Crippen LogP contribution is 2.32. The first-order valence-electron chi connectivity index (χ1n) is 10.4. The van der Waals surface area contributed by atoms with Crippen molar-refractivity contribution in [2.24, 2.45) is 0 Å². The number of halogens is 1. The van der Waals surface area contributed by atoms with Crippen molar-refractivity contribution in [3.05, 3.63) is 58.9 Å². The first-order valence-corrected chi connectivity index (χ1v) is 10.4. The van der Waals surface area contributed by atoms with E-state index in [1.807, 2.05) is 30.3 Å². The van der Waals surface area contributed by atoms with Crippen LogP contribution >= 0.6 is 0 Å². The number of anilines is 2. The summed E-state index contributed by atoms with van der Waals surface area (Å²) >= 11 is 0. The van der Waals surface area contributed by atoms with E-state index in [1.54, 1.807) is 13.8 Å². The maximum atomic E-state index is 13.7. The summed E-state index contributed by atoms with van der Waals surface area (Å²) in [7, 11) is 0. The summed E-state index contributed by atoms with van der Waals surface area (Å²) in [6.07, 6.45) is 0. The Hall–Kier alpha value is -3.11. The molecule has 1 heterocycles. The summed E-state index contributed by atoms with van der Waals surface area (Å²) in [5.74, 6) is -1.10. The molecule has 0 unspecified atom stereocenters. The second-order valence-corrected chi connectivity index (χ2v) is 8.77. The Kier molecular flexibility index (Phi) is 6.51. The van der Waals surface area contributed by atoms with Gasteiger partial charge in [-0.2, -0.15) is 5.26 Å². The molecule has 3 rings (SSSR count). The van der Waals surface area contributed by atoms with Gasteiger partial charge in [0.25, 0.3) is 0 Å². The highest BCUT2D eigenvalue weighted by Gasteiger charge is 2.30. The van der Waals surface area contributed by atoms with Crippen molar-refractivity contribution in [3.63, 3.8) is 0 Å². The van der Waals surface area contributed by atoms with Gasteiger partial charge in [0, 0.05) is 19.1 Å². The number of carboxylic acids is 1. The summed E-state index contributed by atoms with van der Waals surface area (Å²) in [6, 6.07) is 12.5. The Bertz CT molecular complexity index is 1020. The number of fused-ring (bicyclic) bond motifs is 1. The van der Waals surface area contributed by atoms with E-state index in [2.05, 4.69) is 29.8 Å². The number of carbonyl (C=O) groups is 1. The maximum absolute atomic E-state index is 13.7. The summed E-state index contributed by atoms with van der Waals surface area (Å²) in [5, 5.41) is 28.9. The molecule has 0 radical (unpaired) electrons.